The van der Waals surface area contributed by atoms with Crippen molar-refractivity contribution in [3.8, 4) is 0 Å². The summed E-state index contributed by atoms with van der Waals surface area (Å²) in [6, 6.07) is 6.73. The Kier molecular flexibility index (Phi) is 5.46. The van der Waals surface area contributed by atoms with E-state index in [-0.39, 0.29) is 12.5 Å². The number of piperidine rings is 1. The highest BCUT2D eigenvalue weighted by atomic mass is 32.2. The van der Waals surface area contributed by atoms with Crippen molar-refractivity contribution in [3.05, 3.63) is 42.5 Å². The van der Waals surface area contributed by atoms with Crippen LogP contribution in [0.15, 0.2) is 36.9 Å². The van der Waals surface area contributed by atoms with Crippen LogP contribution in [0.4, 0.5) is 5.69 Å². The fraction of sp³-hybridized carbons (Fsp3) is 0.471. The number of anilines is 1. The molecule has 6 heteroatoms. The summed E-state index contributed by atoms with van der Waals surface area (Å²) in [5.74, 6) is 0.540. The SMILES string of the molecule is C=CCN(c1ccc(C(=O)N2CCC[C@H](C)C2)cc1)S(C)(=O)=O. The molecule has 0 unspecified atom stereocenters. The minimum absolute atomic E-state index is 0.0118. The molecule has 1 amide bonds. The van der Waals surface area contributed by atoms with Gasteiger partial charge in [0.1, 0.15) is 0 Å². The lowest BCUT2D eigenvalue weighted by atomic mass is 9.99. The predicted octanol–water partition coefficient (Wildman–Crippen LogP) is 2.51. The molecule has 0 saturated carbocycles. The number of likely N-dealkylation sites (tertiary alicyclic amines) is 1. The van der Waals surface area contributed by atoms with Crippen molar-refractivity contribution in [2.24, 2.45) is 5.92 Å². The van der Waals surface area contributed by atoms with E-state index in [2.05, 4.69) is 13.5 Å². The predicted molar refractivity (Wildman–Crippen MR) is 93.1 cm³/mol. The van der Waals surface area contributed by atoms with Gasteiger partial charge < -0.3 is 4.90 Å². The van der Waals surface area contributed by atoms with E-state index in [0.717, 1.165) is 32.2 Å². The molecule has 1 aromatic rings. The molecule has 0 aliphatic carbocycles. The molecule has 0 aromatic heterocycles. The van der Waals surface area contributed by atoms with Crippen LogP contribution in [0.3, 0.4) is 0 Å². The van der Waals surface area contributed by atoms with E-state index in [4.69, 9.17) is 0 Å². The summed E-state index contributed by atoms with van der Waals surface area (Å²) >= 11 is 0. The van der Waals surface area contributed by atoms with Crippen molar-refractivity contribution in [2.45, 2.75) is 19.8 Å². The average molecular weight is 336 g/mol. The van der Waals surface area contributed by atoms with Gasteiger partial charge in [-0.15, -0.1) is 6.58 Å². The minimum atomic E-state index is -3.37. The van der Waals surface area contributed by atoms with Crippen LogP contribution in [0.1, 0.15) is 30.1 Å². The number of sulfonamides is 1. The number of amides is 1. The molecule has 1 fully saturated rings. The summed E-state index contributed by atoms with van der Waals surface area (Å²) < 4.78 is 24.9. The van der Waals surface area contributed by atoms with Gasteiger partial charge in [0.15, 0.2) is 0 Å². The zero-order chi connectivity index (χ0) is 17.0. The van der Waals surface area contributed by atoms with Crippen LogP contribution in [0.2, 0.25) is 0 Å². The normalized spacial score (nSPS) is 18.5. The highest BCUT2D eigenvalue weighted by molar-refractivity contribution is 7.92. The molecule has 0 radical (unpaired) electrons. The third kappa shape index (κ3) is 4.34. The van der Waals surface area contributed by atoms with E-state index in [1.807, 2.05) is 4.90 Å². The Morgan fingerprint density at radius 3 is 2.57 bits per heavy atom. The van der Waals surface area contributed by atoms with Gasteiger partial charge in [-0.05, 0) is 43.0 Å². The molecule has 1 aliphatic heterocycles. The number of hydrogen-bond donors (Lipinski definition) is 0. The third-order valence-electron chi connectivity index (χ3n) is 4.04. The summed E-state index contributed by atoms with van der Waals surface area (Å²) in [5, 5.41) is 0. The van der Waals surface area contributed by atoms with E-state index < -0.39 is 10.0 Å². The second-order valence-corrected chi connectivity index (χ2v) is 8.04. The van der Waals surface area contributed by atoms with E-state index in [1.54, 1.807) is 24.3 Å². The average Bonchev–Trinajstić information content (AvgIpc) is 2.51. The second-order valence-electron chi connectivity index (χ2n) is 6.13. The van der Waals surface area contributed by atoms with Crippen LogP contribution in [-0.2, 0) is 10.0 Å². The Balaban J connectivity index is 2.18. The smallest absolute Gasteiger partial charge is 0.253 e. The molecule has 126 valence electrons. The van der Waals surface area contributed by atoms with Crippen LogP contribution in [0, 0.1) is 5.92 Å². The number of nitrogens with zero attached hydrogens (tertiary/aromatic N) is 2. The van der Waals surface area contributed by atoms with Crippen molar-refractivity contribution in [3.63, 3.8) is 0 Å². The first kappa shape index (κ1) is 17.5. The van der Waals surface area contributed by atoms with Crippen LogP contribution < -0.4 is 4.31 Å². The largest absolute Gasteiger partial charge is 0.338 e. The van der Waals surface area contributed by atoms with Gasteiger partial charge in [-0.2, -0.15) is 0 Å². The molecule has 1 atom stereocenters. The van der Waals surface area contributed by atoms with Gasteiger partial charge in [-0.25, -0.2) is 8.42 Å². The molecular weight excluding hydrogens is 312 g/mol. The first-order chi connectivity index (χ1) is 10.8. The van der Waals surface area contributed by atoms with Gasteiger partial charge >= 0.3 is 0 Å². The Hall–Kier alpha value is -1.82. The Bertz CT molecular complexity index is 668. The second kappa shape index (κ2) is 7.17. The van der Waals surface area contributed by atoms with E-state index >= 15 is 0 Å². The van der Waals surface area contributed by atoms with Crippen molar-refractivity contribution in [2.75, 3.05) is 30.2 Å². The van der Waals surface area contributed by atoms with Gasteiger partial charge in [-0.1, -0.05) is 13.0 Å². The summed E-state index contributed by atoms with van der Waals surface area (Å²) in [6.45, 7) is 7.52. The molecule has 1 aromatic carbocycles. The zero-order valence-electron chi connectivity index (χ0n) is 13.7. The highest BCUT2D eigenvalue weighted by Gasteiger charge is 2.22. The maximum Gasteiger partial charge on any atom is 0.253 e. The quantitative estimate of drug-likeness (QED) is 0.776. The van der Waals surface area contributed by atoms with E-state index in [0.29, 0.717) is 17.2 Å². The van der Waals surface area contributed by atoms with Crippen LogP contribution in [0.25, 0.3) is 0 Å². The van der Waals surface area contributed by atoms with Gasteiger partial charge in [-0.3, -0.25) is 9.10 Å². The topological polar surface area (TPSA) is 57.7 Å². The molecule has 1 aliphatic rings. The maximum atomic E-state index is 12.5. The van der Waals surface area contributed by atoms with E-state index in [9.17, 15) is 13.2 Å². The summed E-state index contributed by atoms with van der Waals surface area (Å²) in [4.78, 5) is 14.4. The molecule has 5 nitrogen and oxygen atoms in total. The molecule has 1 saturated heterocycles. The number of carbonyl (C=O) groups excluding carboxylic acids is 1. The van der Waals surface area contributed by atoms with Crippen LogP contribution >= 0.6 is 0 Å². The Labute approximate surface area is 138 Å². The van der Waals surface area contributed by atoms with Crippen LogP contribution in [-0.4, -0.2) is 45.1 Å². The van der Waals surface area contributed by atoms with Gasteiger partial charge in [0.2, 0.25) is 10.0 Å². The lowest BCUT2D eigenvalue weighted by Gasteiger charge is -2.31. The fourth-order valence-corrected chi connectivity index (χ4v) is 3.76. The number of hydrogen-bond acceptors (Lipinski definition) is 3. The molecule has 0 spiro atoms. The van der Waals surface area contributed by atoms with Crippen LogP contribution in [0.5, 0.6) is 0 Å². The molecule has 0 bridgehead atoms. The highest BCUT2D eigenvalue weighted by Crippen LogP contribution is 2.21. The van der Waals surface area contributed by atoms with Crippen molar-refractivity contribution < 1.29 is 13.2 Å². The third-order valence-corrected chi connectivity index (χ3v) is 5.20. The summed E-state index contributed by atoms with van der Waals surface area (Å²) in [5.41, 5.74) is 1.13. The first-order valence-electron chi connectivity index (χ1n) is 7.81. The molecule has 1 heterocycles. The molecule has 23 heavy (non-hydrogen) atoms. The van der Waals surface area contributed by atoms with Crippen molar-refractivity contribution in [1.29, 1.82) is 0 Å². The standard InChI is InChI=1S/C17H24N2O3S/c1-4-11-19(23(3,21)22)16-9-7-15(8-10-16)17(20)18-12-5-6-14(2)13-18/h4,7-10,14H,1,5-6,11-13H2,2-3H3/t14-/m0/s1. The van der Waals surface area contributed by atoms with E-state index in [1.165, 1.54) is 10.4 Å². The molecule has 2 rings (SSSR count). The molecular formula is C17H24N2O3S. The monoisotopic (exact) mass is 336 g/mol. The lowest BCUT2D eigenvalue weighted by molar-refractivity contribution is 0.0683. The van der Waals surface area contributed by atoms with Gasteiger partial charge in [0, 0.05) is 18.7 Å². The van der Waals surface area contributed by atoms with Crippen molar-refractivity contribution >= 4 is 21.6 Å². The molecule has 0 N–H and O–H groups in total. The lowest BCUT2D eigenvalue weighted by Crippen LogP contribution is -2.39. The van der Waals surface area contributed by atoms with Crippen molar-refractivity contribution in [1.82, 2.24) is 4.90 Å². The first-order valence-corrected chi connectivity index (χ1v) is 9.65. The number of rotatable bonds is 5. The number of carbonyl (C=O) groups is 1. The maximum absolute atomic E-state index is 12.5. The number of benzene rings is 1. The fourth-order valence-electron chi connectivity index (χ4n) is 2.88. The van der Waals surface area contributed by atoms with Gasteiger partial charge in [0.05, 0.1) is 18.5 Å². The zero-order valence-corrected chi connectivity index (χ0v) is 14.6. The summed E-state index contributed by atoms with van der Waals surface area (Å²) in [7, 11) is -3.37. The Morgan fingerprint density at radius 1 is 1.39 bits per heavy atom. The minimum Gasteiger partial charge on any atom is -0.338 e. The Morgan fingerprint density at radius 2 is 2.04 bits per heavy atom. The summed E-state index contributed by atoms with van der Waals surface area (Å²) in [6.07, 6.45) is 4.89. The van der Waals surface area contributed by atoms with Gasteiger partial charge in [0.25, 0.3) is 5.91 Å².